The Kier molecular flexibility index (Phi) is 8.75. The Bertz CT molecular complexity index is 882. The molecule has 0 aliphatic carbocycles. The first-order chi connectivity index (χ1) is 14.2. The van der Waals surface area contributed by atoms with E-state index in [1.54, 1.807) is 19.9 Å². The van der Waals surface area contributed by atoms with Gasteiger partial charge in [0, 0.05) is 0 Å². The van der Waals surface area contributed by atoms with Gasteiger partial charge in [0.2, 0.25) is 0 Å². The van der Waals surface area contributed by atoms with Crippen LogP contribution in [0.2, 0.25) is 5.02 Å². The highest BCUT2D eigenvalue weighted by Crippen LogP contribution is 2.38. The normalized spacial score (nSPS) is 16.0. The summed E-state index contributed by atoms with van der Waals surface area (Å²) in [5.74, 6) is -1.55. The number of amides is 2. The molecule has 11 heteroatoms. The third kappa shape index (κ3) is 5.77. The molecule has 0 unspecified atom stereocenters. The Labute approximate surface area is 191 Å². The summed E-state index contributed by atoms with van der Waals surface area (Å²) in [6.45, 7) is 4.83. The molecule has 0 bridgehead atoms. The minimum absolute atomic E-state index is 0.138. The highest BCUT2D eigenvalue weighted by molar-refractivity contribution is 9.10. The summed E-state index contributed by atoms with van der Waals surface area (Å²) in [6.07, 6.45) is 1.48. The van der Waals surface area contributed by atoms with Crippen molar-refractivity contribution in [1.82, 2.24) is 4.90 Å². The largest absolute Gasteiger partial charge is 0.479 e. The molecule has 1 fully saturated rings. The van der Waals surface area contributed by atoms with Crippen molar-refractivity contribution in [2.24, 2.45) is 0 Å². The van der Waals surface area contributed by atoms with Gasteiger partial charge in [-0.25, -0.2) is 9.59 Å². The Morgan fingerprint density at radius 2 is 1.90 bits per heavy atom. The number of halogens is 2. The van der Waals surface area contributed by atoms with E-state index in [-0.39, 0.29) is 35.5 Å². The molecule has 1 saturated heterocycles. The molecular weight excluding hydrogens is 502 g/mol. The van der Waals surface area contributed by atoms with Crippen molar-refractivity contribution in [2.75, 3.05) is 19.8 Å². The Morgan fingerprint density at radius 1 is 1.23 bits per heavy atom. The summed E-state index contributed by atoms with van der Waals surface area (Å²) in [4.78, 5) is 49.2. The molecule has 0 N–H and O–H groups in total. The maximum atomic E-state index is 12.6. The maximum absolute atomic E-state index is 12.6. The van der Waals surface area contributed by atoms with E-state index in [2.05, 4.69) is 15.9 Å². The van der Waals surface area contributed by atoms with Gasteiger partial charge in [-0.15, -0.1) is 0 Å². The van der Waals surface area contributed by atoms with E-state index in [4.69, 9.17) is 25.8 Å². The molecule has 8 nitrogen and oxygen atoms in total. The van der Waals surface area contributed by atoms with Gasteiger partial charge in [-0.3, -0.25) is 14.5 Å². The standard InChI is InChI=1S/C19H19BrClNO7S/c1-4-27-15(23)9-29-16-12(20)6-11(7-13(16)21)8-14-17(24)22(19(26)30-14)10(3)18(25)28-5-2/h6-8,10H,4-5,9H2,1-3H3/b14-8+/t10-/m0/s1. The van der Waals surface area contributed by atoms with Gasteiger partial charge in [0.05, 0.1) is 27.6 Å². The van der Waals surface area contributed by atoms with Crippen LogP contribution in [0.15, 0.2) is 21.5 Å². The lowest BCUT2D eigenvalue weighted by atomic mass is 10.2. The van der Waals surface area contributed by atoms with Gasteiger partial charge in [-0.2, -0.15) is 0 Å². The van der Waals surface area contributed by atoms with Gasteiger partial charge < -0.3 is 14.2 Å². The summed E-state index contributed by atoms with van der Waals surface area (Å²) >= 11 is 10.3. The van der Waals surface area contributed by atoms with E-state index in [1.807, 2.05) is 0 Å². The van der Waals surface area contributed by atoms with E-state index in [0.717, 1.165) is 4.90 Å². The lowest BCUT2D eigenvalue weighted by molar-refractivity contribution is -0.150. The third-order valence-corrected chi connectivity index (χ3v) is 5.55. The number of esters is 2. The first-order valence-corrected chi connectivity index (χ1v) is 10.9. The van der Waals surface area contributed by atoms with Crippen LogP contribution in [0, 0.1) is 0 Å². The number of hydrogen-bond acceptors (Lipinski definition) is 8. The molecule has 1 heterocycles. The SMILES string of the molecule is CCOC(=O)COc1c(Cl)cc(/C=C2/SC(=O)N([C@@H](C)C(=O)OCC)C2=O)cc1Br. The van der Waals surface area contributed by atoms with Crippen LogP contribution < -0.4 is 4.74 Å². The van der Waals surface area contributed by atoms with Crippen LogP contribution in [-0.4, -0.2) is 53.8 Å². The number of benzene rings is 1. The predicted octanol–water partition coefficient (Wildman–Crippen LogP) is 4.03. The summed E-state index contributed by atoms with van der Waals surface area (Å²) in [6, 6.07) is 2.11. The second-order valence-electron chi connectivity index (χ2n) is 5.89. The molecule has 1 aliphatic heterocycles. The van der Waals surface area contributed by atoms with Crippen LogP contribution in [0.1, 0.15) is 26.3 Å². The number of imide groups is 1. The van der Waals surface area contributed by atoms with Crippen molar-refractivity contribution < 1.29 is 33.4 Å². The Balaban J connectivity index is 2.20. The van der Waals surface area contributed by atoms with Crippen molar-refractivity contribution in [3.05, 3.63) is 32.1 Å². The Morgan fingerprint density at radius 3 is 2.50 bits per heavy atom. The second kappa shape index (κ2) is 10.8. The quantitative estimate of drug-likeness (QED) is 0.374. The zero-order valence-corrected chi connectivity index (χ0v) is 19.6. The fraction of sp³-hybridized carbons (Fsp3) is 0.368. The maximum Gasteiger partial charge on any atom is 0.344 e. The van der Waals surface area contributed by atoms with Crippen LogP contribution in [-0.2, 0) is 23.9 Å². The number of nitrogens with zero attached hydrogens (tertiary/aromatic N) is 1. The van der Waals surface area contributed by atoms with Gasteiger partial charge in [-0.1, -0.05) is 11.6 Å². The predicted molar refractivity (Wildman–Crippen MR) is 115 cm³/mol. The van der Waals surface area contributed by atoms with Gasteiger partial charge in [0.25, 0.3) is 11.1 Å². The molecule has 0 saturated carbocycles. The number of rotatable bonds is 8. The minimum atomic E-state index is -1.03. The first-order valence-electron chi connectivity index (χ1n) is 8.90. The highest BCUT2D eigenvalue weighted by atomic mass is 79.9. The highest BCUT2D eigenvalue weighted by Gasteiger charge is 2.41. The van der Waals surface area contributed by atoms with Gasteiger partial charge in [0.15, 0.2) is 12.4 Å². The Hall–Kier alpha value is -2.04. The third-order valence-electron chi connectivity index (χ3n) is 3.80. The van der Waals surface area contributed by atoms with E-state index in [1.165, 1.54) is 19.1 Å². The van der Waals surface area contributed by atoms with E-state index in [0.29, 0.717) is 21.8 Å². The minimum Gasteiger partial charge on any atom is -0.479 e. The topological polar surface area (TPSA) is 99.2 Å². The molecule has 162 valence electrons. The number of thioether (sulfide) groups is 1. The average molecular weight is 521 g/mol. The van der Waals surface area contributed by atoms with Gasteiger partial charge >= 0.3 is 11.9 Å². The number of hydrogen-bond donors (Lipinski definition) is 0. The van der Waals surface area contributed by atoms with Gasteiger partial charge in [-0.05, 0) is 72.2 Å². The average Bonchev–Trinajstić information content (AvgIpc) is 2.94. The van der Waals surface area contributed by atoms with Crippen LogP contribution in [0.3, 0.4) is 0 Å². The number of carbonyl (C=O) groups excluding carboxylic acids is 4. The molecule has 0 spiro atoms. The molecule has 30 heavy (non-hydrogen) atoms. The molecule has 1 aromatic carbocycles. The molecule has 2 rings (SSSR count). The molecule has 0 aromatic heterocycles. The zero-order chi connectivity index (χ0) is 22.4. The number of ether oxygens (including phenoxy) is 3. The van der Waals surface area contributed by atoms with Crippen LogP contribution in [0.4, 0.5) is 4.79 Å². The zero-order valence-electron chi connectivity index (χ0n) is 16.4. The number of carbonyl (C=O) groups is 4. The molecule has 1 aromatic rings. The lowest BCUT2D eigenvalue weighted by Gasteiger charge is -2.19. The van der Waals surface area contributed by atoms with Crippen molar-refractivity contribution in [2.45, 2.75) is 26.8 Å². The molecule has 1 atom stereocenters. The lowest BCUT2D eigenvalue weighted by Crippen LogP contribution is -2.42. The van der Waals surface area contributed by atoms with Gasteiger partial charge in [0.1, 0.15) is 6.04 Å². The second-order valence-corrected chi connectivity index (χ2v) is 8.14. The first kappa shape index (κ1) is 24.2. The van der Waals surface area contributed by atoms with Crippen molar-refractivity contribution in [3.8, 4) is 5.75 Å². The summed E-state index contributed by atoms with van der Waals surface area (Å²) in [5.41, 5.74) is 0.518. The van der Waals surface area contributed by atoms with Crippen molar-refractivity contribution >= 4 is 68.5 Å². The molecule has 2 amide bonds. The van der Waals surface area contributed by atoms with Crippen molar-refractivity contribution in [1.29, 1.82) is 0 Å². The van der Waals surface area contributed by atoms with Crippen molar-refractivity contribution in [3.63, 3.8) is 0 Å². The van der Waals surface area contributed by atoms with Crippen LogP contribution in [0.25, 0.3) is 6.08 Å². The van der Waals surface area contributed by atoms with Crippen LogP contribution >= 0.6 is 39.3 Å². The molecule has 1 aliphatic rings. The van der Waals surface area contributed by atoms with E-state index >= 15 is 0 Å². The van der Waals surface area contributed by atoms with Crippen LogP contribution in [0.5, 0.6) is 5.75 Å². The fourth-order valence-electron chi connectivity index (χ4n) is 2.47. The summed E-state index contributed by atoms with van der Waals surface area (Å²) in [5, 5.41) is -0.370. The molecular formula is C19H19BrClNO7S. The smallest absolute Gasteiger partial charge is 0.344 e. The fourth-order valence-corrected chi connectivity index (χ4v) is 4.36. The van der Waals surface area contributed by atoms with E-state index < -0.39 is 29.1 Å². The molecule has 0 radical (unpaired) electrons. The summed E-state index contributed by atoms with van der Waals surface area (Å²) < 4.78 is 15.5. The van der Waals surface area contributed by atoms with E-state index in [9.17, 15) is 19.2 Å². The summed E-state index contributed by atoms with van der Waals surface area (Å²) in [7, 11) is 0. The monoisotopic (exact) mass is 519 g/mol.